The molecule has 0 bridgehead atoms. The summed E-state index contributed by atoms with van der Waals surface area (Å²) in [5.41, 5.74) is 2.97. The molecule has 0 aliphatic carbocycles. The molecule has 0 amide bonds. The lowest BCUT2D eigenvalue weighted by Crippen LogP contribution is -2.15. The summed E-state index contributed by atoms with van der Waals surface area (Å²) in [6.07, 6.45) is 1.89. The molecule has 2 N–H and O–H groups in total. The fraction of sp³-hybridized carbons (Fsp3) is 0.190. The van der Waals surface area contributed by atoms with Crippen LogP contribution in [0.5, 0.6) is 0 Å². The SMILES string of the molecule is Fc1ccc(-c2ccc(CNCCCc3nc4ccccc4[nH]3)o2)cc1. The van der Waals surface area contributed by atoms with Crippen LogP contribution in [0.15, 0.2) is 65.1 Å². The smallest absolute Gasteiger partial charge is 0.134 e. The van der Waals surface area contributed by atoms with Crippen LogP contribution in [0.25, 0.3) is 22.4 Å². The van der Waals surface area contributed by atoms with Gasteiger partial charge in [-0.2, -0.15) is 0 Å². The molecule has 2 heterocycles. The number of aromatic amines is 1. The van der Waals surface area contributed by atoms with Gasteiger partial charge in [0.15, 0.2) is 0 Å². The van der Waals surface area contributed by atoms with E-state index in [1.807, 2.05) is 36.4 Å². The molecule has 4 rings (SSSR count). The molecule has 0 atom stereocenters. The van der Waals surface area contributed by atoms with E-state index in [1.165, 1.54) is 12.1 Å². The third kappa shape index (κ3) is 3.83. The minimum atomic E-state index is -0.244. The summed E-state index contributed by atoms with van der Waals surface area (Å²) in [5, 5.41) is 3.38. The molecule has 2 aromatic carbocycles. The predicted octanol–water partition coefficient (Wildman–Crippen LogP) is 4.68. The lowest BCUT2D eigenvalue weighted by molar-refractivity contribution is 0.490. The number of furan rings is 1. The minimum absolute atomic E-state index is 0.244. The van der Waals surface area contributed by atoms with Gasteiger partial charge in [-0.25, -0.2) is 9.37 Å². The summed E-state index contributed by atoms with van der Waals surface area (Å²) in [6, 6.07) is 18.2. The Hall–Kier alpha value is -2.92. The molecule has 0 saturated carbocycles. The second-order valence-corrected chi connectivity index (χ2v) is 6.25. The average molecular weight is 349 g/mol. The Bertz CT molecular complexity index is 955. The zero-order valence-corrected chi connectivity index (χ0v) is 14.3. The van der Waals surface area contributed by atoms with Gasteiger partial charge in [-0.1, -0.05) is 12.1 Å². The first-order chi connectivity index (χ1) is 12.8. The van der Waals surface area contributed by atoms with Crippen molar-refractivity contribution >= 4 is 11.0 Å². The average Bonchev–Trinajstić information content (AvgIpc) is 3.28. The number of H-pyrrole nitrogens is 1. The zero-order chi connectivity index (χ0) is 17.8. The molecule has 0 aliphatic rings. The Morgan fingerprint density at radius 3 is 2.69 bits per heavy atom. The van der Waals surface area contributed by atoms with Crippen molar-refractivity contribution in [2.45, 2.75) is 19.4 Å². The van der Waals surface area contributed by atoms with E-state index in [2.05, 4.69) is 15.3 Å². The highest BCUT2D eigenvalue weighted by Crippen LogP contribution is 2.22. The number of rotatable bonds is 7. The summed E-state index contributed by atoms with van der Waals surface area (Å²) >= 11 is 0. The Kier molecular flexibility index (Phi) is 4.80. The molecule has 4 aromatic rings. The van der Waals surface area contributed by atoms with Crippen LogP contribution in [-0.2, 0) is 13.0 Å². The number of benzene rings is 2. The molecule has 0 saturated heterocycles. The summed E-state index contributed by atoms with van der Waals surface area (Å²) in [5.74, 6) is 2.40. The fourth-order valence-corrected chi connectivity index (χ4v) is 2.96. The van der Waals surface area contributed by atoms with Crippen molar-refractivity contribution in [1.29, 1.82) is 0 Å². The van der Waals surface area contributed by atoms with Crippen LogP contribution in [0.2, 0.25) is 0 Å². The van der Waals surface area contributed by atoms with E-state index in [0.717, 1.165) is 53.3 Å². The molecular weight excluding hydrogens is 329 g/mol. The maximum absolute atomic E-state index is 13.0. The van der Waals surface area contributed by atoms with Gasteiger partial charge >= 0.3 is 0 Å². The van der Waals surface area contributed by atoms with E-state index in [4.69, 9.17) is 4.42 Å². The molecule has 0 spiro atoms. The molecule has 0 aliphatic heterocycles. The van der Waals surface area contributed by atoms with E-state index in [-0.39, 0.29) is 5.82 Å². The van der Waals surface area contributed by atoms with Crippen LogP contribution in [0, 0.1) is 5.82 Å². The highest BCUT2D eigenvalue weighted by atomic mass is 19.1. The lowest BCUT2D eigenvalue weighted by atomic mass is 10.2. The Morgan fingerprint density at radius 2 is 1.85 bits per heavy atom. The van der Waals surface area contributed by atoms with Crippen molar-refractivity contribution < 1.29 is 8.81 Å². The van der Waals surface area contributed by atoms with Crippen LogP contribution < -0.4 is 5.32 Å². The number of nitrogens with one attached hydrogen (secondary N) is 2. The monoisotopic (exact) mass is 349 g/mol. The van der Waals surface area contributed by atoms with Crippen LogP contribution in [0.1, 0.15) is 18.0 Å². The number of aromatic nitrogens is 2. The van der Waals surface area contributed by atoms with Gasteiger partial charge in [0.1, 0.15) is 23.2 Å². The standard InChI is InChI=1S/C21H20FN3O/c22-16-9-7-15(8-10-16)20-12-11-17(26-20)14-23-13-3-6-21-24-18-4-1-2-5-19(18)25-21/h1-2,4-5,7-12,23H,3,6,13-14H2,(H,24,25). The van der Waals surface area contributed by atoms with E-state index in [1.54, 1.807) is 12.1 Å². The van der Waals surface area contributed by atoms with Gasteiger partial charge < -0.3 is 14.7 Å². The topological polar surface area (TPSA) is 53.9 Å². The number of imidazole rings is 1. The Morgan fingerprint density at radius 1 is 1.00 bits per heavy atom. The van der Waals surface area contributed by atoms with Crippen molar-refractivity contribution in [2.75, 3.05) is 6.54 Å². The summed E-state index contributed by atoms with van der Waals surface area (Å²) in [4.78, 5) is 7.93. The van der Waals surface area contributed by atoms with Crippen LogP contribution in [-0.4, -0.2) is 16.5 Å². The quantitative estimate of drug-likeness (QED) is 0.476. The Balaban J connectivity index is 1.24. The summed E-state index contributed by atoms with van der Waals surface area (Å²) in [7, 11) is 0. The number of aryl methyl sites for hydroxylation is 1. The number of halogens is 1. The molecular formula is C21H20FN3O. The van der Waals surface area contributed by atoms with Crippen molar-refractivity contribution in [2.24, 2.45) is 0 Å². The second kappa shape index (κ2) is 7.54. The van der Waals surface area contributed by atoms with Gasteiger partial charge in [0.25, 0.3) is 0 Å². The van der Waals surface area contributed by atoms with Crippen LogP contribution >= 0.6 is 0 Å². The van der Waals surface area contributed by atoms with Crippen molar-refractivity contribution in [3.63, 3.8) is 0 Å². The predicted molar refractivity (Wildman–Crippen MR) is 100 cm³/mol. The summed E-state index contributed by atoms with van der Waals surface area (Å²) in [6.45, 7) is 1.55. The first-order valence-electron chi connectivity index (χ1n) is 8.77. The normalized spacial score (nSPS) is 11.3. The first-order valence-corrected chi connectivity index (χ1v) is 8.77. The van der Waals surface area contributed by atoms with Gasteiger partial charge in [0.2, 0.25) is 0 Å². The zero-order valence-electron chi connectivity index (χ0n) is 14.3. The van der Waals surface area contributed by atoms with Gasteiger partial charge in [0.05, 0.1) is 17.6 Å². The number of hydrogen-bond donors (Lipinski definition) is 2. The molecule has 0 radical (unpaired) electrons. The molecule has 0 unspecified atom stereocenters. The first kappa shape index (κ1) is 16.5. The van der Waals surface area contributed by atoms with E-state index in [0.29, 0.717) is 6.54 Å². The maximum Gasteiger partial charge on any atom is 0.134 e. The van der Waals surface area contributed by atoms with E-state index >= 15 is 0 Å². The van der Waals surface area contributed by atoms with Crippen LogP contribution in [0.4, 0.5) is 4.39 Å². The minimum Gasteiger partial charge on any atom is -0.460 e. The third-order valence-corrected chi connectivity index (χ3v) is 4.30. The van der Waals surface area contributed by atoms with Crippen molar-refractivity contribution in [3.8, 4) is 11.3 Å². The van der Waals surface area contributed by atoms with E-state index in [9.17, 15) is 4.39 Å². The third-order valence-electron chi connectivity index (χ3n) is 4.30. The van der Waals surface area contributed by atoms with Gasteiger partial charge in [-0.3, -0.25) is 0 Å². The highest BCUT2D eigenvalue weighted by Gasteiger charge is 2.05. The highest BCUT2D eigenvalue weighted by molar-refractivity contribution is 5.74. The molecule has 132 valence electrons. The van der Waals surface area contributed by atoms with Crippen LogP contribution in [0.3, 0.4) is 0 Å². The summed E-state index contributed by atoms with van der Waals surface area (Å²) < 4.78 is 18.8. The van der Waals surface area contributed by atoms with Gasteiger partial charge in [-0.15, -0.1) is 0 Å². The lowest BCUT2D eigenvalue weighted by Gasteiger charge is -2.02. The largest absolute Gasteiger partial charge is 0.460 e. The number of hydrogen-bond acceptors (Lipinski definition) is 3. The van der Waals surface area contributed by atoms with E-state index < -0.39 is 0 Å². The maximum atomic E-state index is 13.0. The van der Waals surface area contributed by atoms with Gasteiger partial charge in [-0.05, 0) is 61.5 Å². The van der Waals surface area contributed by atoms with Crippen molar-refractivity contribution in [1.82, 2.24) is 15.3 Å². The van der Waals surface area contributed by atoms with Gasteiger partial charge in [0, 0.05) is 12.0 Å². The number of fused-ring (bicyclic) bond motifs is 1. The molecule has 0 fully saturated rings. The number of nitrogens with zero attached hydrogens (tertiary/aromatic N) is 1. The second-order valence-electron chi connectivity index (χ2n) is 6.25. The Labute approximate surface area is 151 Å². The fourth-order valence-electron chi connectivity index (χ4n) is 2.96. The molecule has 4 nitrogen and oxygen atoms in total. The molecule has 2 aromatic heterocycles. The van der Waals surface area contributed by atoms with Crippen molar-refractivity contribution in [3.05, 3.63) is 78.1 Å². The number of para-hydroxylation sites is 2. The molecule has 5 heteroatoms. The molecule has 26 heavy (non-hydrogen) atoms.